The lowest BCUT2D eigenvalue weighted by atomic mass is 10.2. The van der Waals surface area contributed by atoms with Crippen LogP contribution < -0.4 is 16.0 Å². The van der Waals surface area contributed by atoms with Crippen LogP contribution >= 0.6 is 12.2 Å². The molecule has 3 N–H and O–H groups in total. The lowest BCUT2D eigenvalue weighted by Gasteiger charge is -2.21. The molecular weight excluding hydrogens is 342 g/mol. The van der Waals surface area contributed by atoms with Gasteiger partial charge in [0.1, 0.15) is 6.17 Å². The van der Waals surface area contributed by atoms with Crippen molar-refractivity contribution in [1.82, 2.24) is 10.6 Å². The van der Waals surface area contributed by atoms with E-state index >= 15 is 0 Å². The zero-order valence-electron chi connectivity index (χ0n) is 14.7. The number of amides is 1. The van der Waals surface area contributed by atoms with Crippen molar-refractivity contribution < 1.29 is 4.79 Å². The average Bonchev–Trinajstić information content (AvgIpc) is 3.47. The maximum absolute atomic E-state index is 12.3. The highest BCUT2D eigenvalue weighted by Gasteiger charge is 2.32. The minimum Gasteiger partial charge on any atom is -0.342 e. The Hall–Kier alpha value is -2.66. The Kier molecular flexibility index (Phi) is 6.02. The summed E-state index contributed by atoms with van der Waals surface area (Å²) in [6.07, 6.45) is 5.39. The van der Waals surface area contributed by atoms with Gasteiger partial charge in [-0.25, -0.2) is 0 Å². The van der Waals surface area contributed by atoms with Gasteiger partial charge in [0.05, 0.1) is 0 Å². The number of nitrogens with one attached hydrogen (secondary N) is 3. The topological polar surface area (TPSA) is 53.2 Å². The summed E-state index contributed by atoms with van der Waals surface area (Å²) < 4.78 is 0. The number of hydrogen-bond donors (Lipinski definition) is 3. The van der Waals surface area contributed by atoms with E-state index in [1.165, 1.54) is 0 Å². The van der Waals surface area contributed by atoms with Crippen LogP contribution in [0.25, 0.3) is 6.08 Å². The molecule has 0 heterocycles. The van der Waals surface area contributed by atoms with Crippen LogP contribution in [-0.2, 0) is 4.79 Å². The van der Waals surface area contributed by atoms with Gasteiger partial charge >= 0.3 is 0 Å². The predicted molar refractivity (Wildman–Crippen MR) is 111 cm³/mol. The van der Waals surface area contributed by atoms with Crippen molar-refractivity contribution >= 4 is 35.0 Å². The van der Waals surface area contributed by atoms with Crippen molar-refractivity contribution in [1.29, 1.82) is 0 Å². The fraction of sp³-hybridized carbons (Fsp3) is 0.238. The van der Waals surface area contributed by atoms with Gasteiger partial charge in [0.2, 0.25) is 5.91 Å². The molecule has 26 heavy (non-hydrogen) atoms. The molecule has 1 aliphatic carbocycles. The zero-order valence-corrected chi connectivity index (χ0v) is 15.6. The monoisotopic (exact) mass is 365 g/mol. The summed E-state index contributed by atoms with van der Waals surface area (Å²) in [6, 6.07) is 17.7. The van der Waals surface area contributed by atoms with E-state index in [0.29, 0.717) is 11.0 Å². The number of anilines is 1. The molecule has 5 heteroatoms. The number of carbonyl (C=O) groups is 1. The molecule has 1 saturated carbocycles. The second-order valence-electron chi connectivity index (χ2n) is 6.48. The standard InChI is InChI=1S/C21H23N3OS/c1-15-7-5-6-10-18(15)22-21(26)24-20(17-12-13-17)23-19(25)14-11-16-8-3-2-4-9-16/h2-11,14,17,20H,12-13H2,1H3,(H,23,25)(H2,22,24,26)/b14-11+. The molecule has 3 rings (SSSR count). The van der Waals surface area contributed by atoms with Gasteiger partial charge in [-0.2, -0.15) is 0 Å². The van der Waals surface area contributed by atoms with Crippen LogP contribution in [0.1, 0.15) is 24.0 Å². The number of thiocarbonyl (C=S) groups is 1. The summed E-state index contributed by atoms with van der Waals surface area (Å²) in [7, 11) is 0. The zero-order chi connectivity index (χ0) is 18.4. The van der Waals surface area contributed by atoms with Crippen molar-refractivity contribution in [2.75, 3.05) is 5.32 Å². The number of hydrogen-bond acceptors (Lipinski definition) is 2. The lowest BCUT2D eigenvalue weighted by Crippen LogP contribution is -2.50. The Bertz CT molecular complexity index is 800. The molecule has 0 spiro atoms. The second kappa shape index (κ2) is 8.63. The Morgan fingerprint density at radius 1 is 1.08 bits per heavy atom. The van der Waals surface area contributed by atoms with E-state index in [0.717, 1.165) is 29.7 Å². The maximum atomic E-state index is 12.3. The Balaban J connectivity index is 1.55. The van der Waals surface area contributed by atoms with Gasteiger partial charge in [-0.3, -0.25) is 4.79 Å². The minimum atomic E-state index is -0.160. The molecule has 0 radical (unpaired) electrons. The molecule has 1 atom stereocenters. The third-order valence-corrected chi connectivity index (χ3v) is 4.52. The minimum absolute atomic E-state index is 0.128. The van der Waals surface area contributed by atoms with E-state index in [4.69, 9.17) is 12.2 Å². The number of aryl methyl sites for hydroxylation is 1. The molecule has 1 fully saturated rings. The maximum Gasteiger partial charge on any atom is 0.245 e. The summed E-state index contributed by atoms with van der Waals surface area (Å²) in [4.78, 5) is 12.3. The lowest BCUT2D eigenvalue weighted by molar-refractivity contribution is -0.117. The van der Waals surface area contributed by atoms with Crippen LogP contribution in [0.4, 0.5) is 5.69 Å². The first-order chi connectivity index (χ1) is 12.6. The first-order valence-corrected chi connectivity index (χ1v) is 9.19. The van der Waals surface area contributed by atoms with E-state index in [-0.39, 0.29) is 12.1 Å². The molecule has 0 aliphatic heterocycles. The first kappa shape index (κ1) is 18.1. The van der Waals surface area contributed by atoms with Crippen LogP contribution in [0.5, 0.6) is 0 Å². The molecule has 2 aromatic carbocycles. The highest BCUT2D eigenvalue weighted by Crippen LogP contribution is 2.31. The fourth-order valence-corrected chi connectivity index (χ4v) is 2.89. The summed E-state index contributed by atoms with van der Waals surface area (Å²) in [6.45, 7) is 2.03. The van der Waals surface area contributed by atoms with E-state index in [1.807, 2.05) is 67.6 Å². The van der Waals surface area contributed by atoms with Crippen molar-refractivity contribution in [3.05, 3.63) is 71.8 Å². The van der Waals surface area contributed by atoms with Crippen LogP contribution in [0.15, 0.2) is 60.7 Å². The molecule has 1 aliphatic rings. The molecule has 4 nitrogen and oxygen atoms in total. The largest absolute Gasteiger partial charge is 0.342 e. The van der Waals surface area contributed by atoms with Crippen LogP contribution in [-0.4, -0.2) is 17.2 Å². The van der Waals surface area contributed by atoms with E-state index in [9.17, 15) is 4.79 Å². The molecule has 0 aromatic heterocycles. The van der Waals surface area contributed by atoms with E-state index in [2.05, 4.69) is 16.0 Å². The third-order valence-electron chi connectivity index (χ3n) is 4.30. The summed E-state index contributed by atoms with van der Waals surface area (Å²) in [5, 5.41) is 9.98. The summed E-state index contributed by atoms with van der Waals surface area (Å²) >= 11 is 5.42. The first-order valence-electron chi connectivity index (χ1n) is 8.78. The SMILES string of the molecule is Cc1ccccc1NC(=S)NC(NC(=O)/C=C/c1ccccc1)C1CC1. The summed E-state index contributed by atoms with van der Waals surface area (Å²) in [5.41, 5.74) is 3.08. The molecular formula is C21H23N3OS. The van der Waals surface area contributed by atoms with Gasteiger partial charge in [-0.1, -0.05) is 48.5 Å². The molecule has 1 amide bonds. The normalized spacial score (nSPS) is 14.7. The Morgan fingerprint density at radius 2 is 1.77 bits per heavy atom. The molecule has 134 valence electrons. The van der Waals surface area contributed by atoms with Crippen molar-refractivity contribution in [2.45, 2.75) is 25.9 Å². The predicted octanol–water partition coefficient (Wildman–Crippen LogP) is 3.85. The number of para-hydroxylation sites is 1. The molecule has 1 unspecified atom stereocenters. The van der Waals surface area contributed by atoms with E-state index in [1.54, 1.807) is 6.08 Å². The smallest absolute Gasteiger partial charge is 0.245 e. The highest BCUT2D eigenvalue weighted by atomic mass is 32.1. The molecule has 0 saturated heterocycles. The average molecular weight is 366 g/mol. The van der Waals surface area contributed by atoms with Gasteiger partial charge in [-0.05, 0) is 61.2 Å². The van der Waals surface area contributed by atoms with Gasteiger partial charge in [-0.15, -0.1) is 0 Å². The van der Waals surface area contributed by atoms with Crippen LogP contribution in [0.2, 0.25) is 0 Å². The quantitative estimate of drug-likeness (QED) is 0.413. The van der Waals surface area contributed by atoms with Gasteiger partial charge in [0.15, 0.2) is 5.11 Å². The molecule has 2 aromatic rings. The number of rotatable bonds is 6. The second-order valence-corrected chi connectivity index (χ2v) is 6.89. The Morgan fingerprint density at radius 3 is 2.46 bits per heavy atom. The van der Waals surface area contributed by atoms with Crippen molar-refractivity contribution in [3.63, 3.8) is 0 Å². The van der Waals surface area contributed by atoms with Gasteiger partial charge in [0, 0.05) is 11.8 Å². The van der Waals surface area contributed by atoms with Crippen molar-refractivity contribution in [3.8, 4) is 0 Å². The summed E-state index contributed by atoms with van der Waals surface area (Å²) in [5.74, 6) is 0.289. The fourth-order valence-electron chi connectivity index (χ4n) is 2.65. The number of carbonyl (C=O) groups excluding carboxylic acids is 1. The van der Waals surface area contributed by atoms with Gasteiger partial charge < -0.3 is 16.0 Å². The highest BCUT2D eigenvalue weighted by molar-refractivity contribution is 7.80. The molecule has 0 bridgehead atoms. The van der Waals surface area contributed by atoms with Gasteiger partial charge in [0.25, 0.3) is 0 Å². The van der Waals surface area contributed by atoms with Crippen molar-refractivity contribution in [2.24, 2.45) is 5.92 Å². The Labute approximate surface area is 159 Å². The van der Waals surface area contributed by atoms with Crippen LogP contribution in [0, 0.1) is 12.8 Å². The number of benzene rings is 2. The third kappa shape index (κ3) is 5.43. The van der Waals surface area contributed by atoms with Crippen LogP contribution in [0.3, 0.4) is 0 Å². The van der Waals surface area contributed by atoms with E-state index < -0.39 is 0 Å².